The predicted molar refractivity (Wildman–Crippen MR) is 130 cm³/mol. The Hall–Kier alpha value is -3.30. The summed E-state index contributed by atoms with van der Waals surface area (Å²) < 4.78 is 32.6. The number of anilines is 2. The number of amides is 1. The lowest BCUT2D eigenvalue weighted by Gasteiger charge is -2.34. The van der Waals surface area contributed by atoms with Gasteiger partial charge in [0.25, 0.3) is 11.9 Å². The van der Waals surface area contributed by atoms with Crippen LogP contribution in [0.15, 0.2) is 52.9 Å². The van der Waals surface area contributed by atoms with E-state index in [1.54, 1.807) is 30.3 Å². The summed E-state index contributed by atoms with van der Waals surface area (Å²) in [6.07, 6.45) is 2.04. The number of piperidine rings is 1. The summed E-state index contributed by atoms with van der Waals surface area (Å²) in [5, 5.41) is 6.26. The molecule has 3 heterocycles. The van der Waals surface area contributed by atoms with Crippen LogP contribution in [0.4, 0.5) is 20.5 Å². The number of carbonyl (C=O) groups excluding carboxylic acids is 1. The van der Waals surface area contributed by atoms with Gasteiger partial charge in [0.1, 0.15) is 5.52 Å². The topological polar surface area (TPSA) is 70.4 Å². The number of halogens is 2. The average molecular weight is 483 g/mol. The molecule has 0 bridgehead atoms. The van der Waals surface area contributed by atoms with E-state index in [1.165, 1.54) is 17.4 Å². The fourth-order valence-corrected chi connectivity index (χ4v) is 5.02. The maximum absolute atomic E-state index is 13.5. The van der Waals surface area contributed by atoms with Crippen molar-refractivity contribution in [2.75, 3.05) is 24.2 Å². The standard InChI is InChI=1S/C25H24F2N4O2S/c1-14-11-17(9-10-31(14)2)29-25-30-20-13-16(4-6-21(20)33-25)28-24(32)23-8-7-22(34-23)15-3-5-18(26)19(27)12-15/h3-8,12-14,17H,9-11H2,1-2H3,(H,28,32)(H,29,30). The van der Waals surface area contributed by atoms with E-state index in [4.69, 9.17) is 4.42 Å². The molecule has 0 aliphatic carbocycles. The molecular weight excluding hydrogens is 458 g/mol. The van der Waals surface area contributed by atoms with Gasteiger partial charge < -0.3 is 20.0 Å². The number of fused-ring (bicyclic) bond motifs is 1. The number of likely N-dealkylation sites (tertiary alicyclic amines) is 1. The van der Waals surface area contributed by atoms with Crippen molar-refractivity contribution in [2.24, 2.45) is 0 Å². The zero-order valence-electron chi connectivity index (χ0n) is 18.8. The monoisotopic (exact) mass is 482 g/mol. The van der Waals surface area contributed by atoms with Crippen LogP contribution >= 0.6 is 11.3 Å². The molecule has 9 heteroatoms. The minimum absolute atomic E-state index is 0.291. The highest BCUT2D eigenvalue weighted by Crippen LogP contribution is 2.30. The van der Waals surface area contributed by atoms with Gasteiger partial charge in [-0.15, -0.1) is 11.3 Å². The Bertz CT molecular complexity index is 1350. The normalized spacial score (nSPS) is 18.8. The highest BCUT2D eigenvalue weighted by Gasteiger charge is 2.24. The number of nitrogens with zero attached hydrogens (tertiary/aromatic N) is 2. The van der Waals surface area contributed by atoms with E-state index < -0.39 is 11.6 Å². The van der Waals surface area contributed by atoms with Gasteiger partial charge in [0.05, 0.1) is 4.88 Å². The molecule has 1 saturated heterocycles. The van der Waals surface area contributed by atoms with Gasteiger partial charge in [-0.05, 0) is 74.8 Å². The Labute approximate surface area is 199 Å². The predicted octanol–water partition coefficient (Wildman–Crippen LogP) is 5.98. The van der Waals surface area contributed by atoms with Gasteiger partial charge >= 0.3 is 0 Å². The van der Waals surface area contributed by atoms with Crippen LogP contribution in [-0.2, 0) is 0 Å². The van der Waals surface area contributed by atoms with Crippen LogP contribution in [0.2, 0.25) is 0 Å². The highest BCUT2D eigenvalue weighted by molar-refractivity contribution is 7.17. The molecule has 1 amide bonds. The zero-order chi connectivity index (χ0) is 23.8. The summed E-state index contributed by atoms with van der Waals surface area (Å²) in [5.41, 5.74) is 2.40. The van der Waals surface area contributed by atoms with Crippen molar-refractivity contribution in [3.8, 4) is 10.4 Å². The van der Waals surface area contributed by atoms with Crippen LogP contribution < -0.4 is 10.6 Å². The van der Waals surface area contributed by atoms with Gasteiger partial charge in [0, 0.05) is 29.2 Å². The Morgan fingerprint density at radius 1 is 1.15 bits per heavy atom. The second-order valence-electron chi connectivity index (χ2n) is 8.64. The second-order valence-corrected chi connectivity index (χ2v) is 9.73. The lowest BCUT2D eigenvalue weighted by atomic mass is 9.99. The molecule has 2 aromatic heterocycles. The van der Waals surface area contributed by atoms with Crippen LogP contribution in [-0.4, -0.2) is 41.5 Å². The smallest absolute Gasteiger partial charge is 0.295 e. The SMILES string of the molecule is CC1CC(Nc2nc3cc(NC(=O)c4ccc(-c5ccc(F)c(F)c5)s4)ccc3o2)CCN1C. The molecule has 176 valence electrons. The van der Waals surface area contributed by atoms with Gasteiger partial charge in [-0.3, -0.25) is 4.79 Å². The first-order chi connectivity index (χ1) is 16.4. The molecule has 2 N–H and O–H groups in total. The number of hydrogen-bond donors (Lipinski definition) is 2. The molecule has 1 aliphatic rings. The van der Waals surface area contributed by atoms with Gasteiger partial charge in [-0.25, -0.2) is 8.78 Å². The van der Waals surface area contributed by atoms with E-state index in [-0.39, 0.29) is 5.91 Å². The fraction of sp³-hybridized carbons (Fsp3) is 0.280. The summed E-state index contributed by atoms with van der Waals surface area (Å²) in [4.78, 5) is 20.8. The lowest BCUT2D eigenvalue weighted by molar-refractivity contribution is 0.103. The number of rotatable bonds is 5. The molecule has 6 nitrogen and oxygen atoms in total. The number of benzene rings is 2. The molecule has 0 radical (unpaired) electrons. The van der Waals surface area contributed by atoms with E-state index in [1.807, 2.05) is 0 Å². The highest BCUT2D eigenvalue weighted by atomic mass is 32.1. The van der Waals surface area contributed by atoms with Crippen molar-refractivity contribution in [3.63, 3.8) is 0 Å². The number of nitrogens with one attached hydrogen (secondary N) is 2. The first-order valence-electron chi connectivity index (χ1n) is 11.1. The third-order valence-electron chi connectivity index (χ3n) is 6.22. The molecular formula is C25H24F2N4O2S. The first kappa shape index (κ1) is 22.5. The number of hydrogen-bond acceptors (Lipinski definition) is 6. The third-order valence-corrected chi connectivity index (χ3v) is 7.35. The van der Waals surface area contributed by atoms with Crippen LogP contribution in [0.1, 0.15) is 29.4 Å². The van der Waals surface area contributed by atoms with Crippen LogP contribution in [0.25, 0.3) is 21.5 Å². The number of aromatic nitrogens is 1. The first-order valence-corrected chi connectivity index (χ1v) is 11.9. The molecule has 1 aliphatic heterocycles. The van der Waals surface area contributed by atoms with E-state index >= 15 is 0 Å². The van der Waals surface area contributed by atoms with Crippen LogP contribution in [0.5, 0.6) is 0 Å². The van der Waals surface area contributed by atoms with Crippen molar-refractivity contribution < 1.29 is 18.0 Å². The van der Waals surface area contributed by atoms with Crippen LogP contribution in [0, 0.1) is 11.6 Å². The van der Waals surface area contributed by atoms with E-state index in [9.17, 15) is 13.6 Å². The summed E-state index contributed by atoms with van der Waals surface area (Å²) in [6, 6.07) is 13.7. The maximum atomic E-state index is 13.5. The largest absolute Gasteiger partial charge is 0.424 e. The Balaban J connectivity index is 1.27. The summed E-state index contributed by atoms with van der Waals surface area (Å²) >= 11 is 1.21. The maximum Gasteiger partial charge on any atom is 0.295 e. The van der Waals surface area contributed by atoms with Crippen molar-refractivity contribution in [1.29, 1.82) is 0 Å². The van der Waals surface area contributed by atoms with Crippen molar-refractivity contribution >= 4 is 40.0 Å². The number of carbonyl (C=O) groups is 1. The van der Waals surface area contributed by atoms with E-state index in [2.05, 4.69) is 34.5 Å². The summed E-state index contributed by atoms with van der Waals surface area (Å²) in [5.74, 6) is -2.11. The molecule has 2 atom stereocenters. The van der Waals surface area contributed by atoms with Crippen molar-refractivity contribution in [1.82, 2.24) is 9.88 Å². The molecule has 0 saturated carbocycles. The molecule has 2 unspecified atom stereocenters. The second kappa shape index (κ2) is 9.15. The van der Waals surface area contributed by atoms with Crippen molar-refractivity contribution in [2.45, 2.75) is 31.8 Å². The van der Waals surface area contributed by atoms with E-state index in [0.717, 1.165) is 31.5 Å². The number of thiophene rings is 1. The third kappa shape index (κ3) is 4.67. The lowest BCUT2D eigenvalue weighted by Crippen LogP contribution is -2.42. The molecule has 4 aromatic rings. The molecule has 5 rings (SSSR count). The molecule has 0 spiro atoms. The zero-order valence-corrected chi connectivity index (χ0v) is 19.6. The summed E-state index contributed by atoms with van der Waals surface area (Å²) in [7, 11) is 2.13. The van der Waals surface area contributed by atoms with Gasteiger partial charge in [0.15, 0.2) is 17.2 Å². The number of oxazole rings is 1. The van der Waals surface area contributed by atoms with Gasteiger partial charge in [-0.1, -0.05) is 6.07 Å². The summed E-state index contributed by atoms with van der Waals surface area (Å²) in [6.45, 7) is 3.24. The van der Waals surface area contributed by atoms with Gasteiger partial charge in [0.2, 0.25) is 0 Å². The Kier molecular flexibility index (Phi) is 6.05. The van der Waals surface area contributed by atoms with E-state index in [0.29, 0.717) is 50.2 Å². The Morgan fingerprint density at radius 3 is 2.79 bits per heavy atom. The minimum atomic E-state index is -0.919. The average Bonchev–Trinajstić information content (AvgIpc) is 3.45. The van der Waals surface area contributed by atoms with Crippen LogP contribution in [0.3, 0.4) is 0 Å². The molecule has 34 heavy (non-hydrogen) atoms. The van der Waals surface area contributed by atoms with Gasteiger partial charge in [-0.2, -0.15) is 4.98 Å². The Morgan fingerprint density at radius 2 is 2.00 bits per heavy atom. The minimum Gasteiger partial charge on any atom is -0.424 e. The van der Waals surface area contributed by atoms with Crippen molar-refractivity contribution in [3.05, 3.63) is 65.0 Å². The quantitative estimate of drug-likeness (QED) is 0.366. The fourth-order valence-electron chi connectivity index (χ4n) is 4.12. The molecule has 1 fully saturated rings. The molecule has 2 aromatic carbocycles.